The molecule has 3 fully saturated rings. The number of carboxylic acid groups (broad SMARTS) is 2. The van der Waals surface area contributed by atoms with E-state index in [-0.39, 0.29) is 56.3 Å². The van der Waals surface area contributed by atoms with Crippen LogP contribution in [-0.2, 0) is 114 Å². The number of likely N-dealkylation sites (N-methyl/N-ethyl adjacent to an activating group) is 3. The van der Waals surface area contributed by atoms with Gasteiger partial charge >= 0.3 is 11.9 Å². The third-order valence-corrected chi connectivity index (χ3v) is 25.0. The normalized spacial score (nSPS) is 24.4. The maximum atomic E-state index is 15.7. The number of rotatable bonds is 25. The number of hydrogen-bond acceptors (Lipinski definition) is 21. The summed E-state index contributed by atoms with van der Waals surface area (Å²) in [6, 6.07) is 7.34. The Kier molecular flexibility index (Phi) is 38.8. The minimum absolute atomic E-state index is 0.0395. The SMILES string of the molecule is CCCC[C@H]1C(=O)N2C[C@H](O)C[C@@H]2C(=O)N[C@@H](CC(=O)O)C(=O)N[C@@H](C(C)C)C(=O)N(C)C(Cc2ccccc2)C(=O)N[C@@H](CCC(=O)O)C(=O)N2C[C@H](O)C[C@H]2C(=O)N[C@@H](Cc2c[nH]c3ccccc23)C(=O)N[C@@H](Cc2ccc(O)cc2)C(=O)N[C@@H](CC(C)C)C(=O)N[C@H](C(=O)NCC(N)=O)CSCC(=O)N[C@@H](Cc2cc(F)c(F)c(F)c2)C(=O)N(C)[C@@H](CCc2ccccc2)C(=O)N1C. The maximum absolute atomic E-state index is 15.7. The molecule has 3 aliphatic heterocycles. The number of amides is 15. The summed E-state index contributed by atoms with van der Waals surface area (Å²) in [6.45, 7) is 6.08. The first kappa shape index (κ1) is 106. The molecule has 1 unspecified atom stereocenters. The number of para-hydroxylation sites is 1. The molecule has 0 aliphatic carbocycles. The highest BCUT2D eigenvalue weighted by Crippen LogP contribution is 2.29. The third kappa shape index (κ3) is 29.5. The molecule has 3 aliphatic rings. The molecule has 15 atom stereocenters. The third-order valence-electron chi connectivity index (χ3n) is 24.0. The van der Waals surface area contributed by atoms with Crippen LogP contribution in [0.3, 0.4) is 0 Å². The summed E-state index contributed by atoms with van der Waals surface area (Å²) in [5.74, 6) is -27.4. The van der Waals surface area contributed by atoms with Gasteiger partial charge in [0.15, 0.2) is 17.5 Å². The standard InChI is InChI=1S/C94H119F3N16O22S/c1-9-10-25-71-93(134)113-47-59(116)42-75(113)89(130)106-68(43-79(121)122)86(127)108-81(51(4)5)94(135)111(8)73(39-53-21-15-12-16-22-53)87(128)102-64(31-33-78(119)120)91(132)112-46-58(115)41-74(112)88(129)105-67(40-56-44-99-63-24-18-17-23-60(56)63)85(126)104-66(37-54-26-29-57(114)30-27-54)84(125)103-65(34-50(2)3)83(124)107-70(82(123)100-45-76(98)117)48-136-49-77(118)101-69(38-55-35-61(95)80(97)62(96)36-55)90(131)109(6)72(92(133)110(71)7)32-28-52-19-13-11-14-20-52/h11-24,26-27,29-30,35-36,44,50-51,58-59,64-75,81,99,114-116H,9-10,25,28,31-34,37-43,45-49H2,1-8H3,(H2,98,117)(H,100,123)(H,101,118)(H,102,128)(H,103,125)(H,104,126)(H,105,129)(H,106,130)(H,107,124)(H,108,127)(H,119,120)(H,121,122)/t58-,59-,64+,65+,66+,67+,68+,69+,70+,71+,72+,73?,74+,75-,81+/m1/s1. The number of primary amides is 1. The van der Waals surface area contributed by atoms with Crippen LogP contribution in [0.15, 0.2) is 128 Å². The van der Waals surface area contributed by atoms with Gasteiger partial charge in [-0.1, -0.05) is 138 Å². The number of nitrogens with two attached hydrogens (primary N) is 1. The number of hydrogen-bond donors (Lipinski definition) is 16. The van der Waals surface area contributed by atoms with Gasteiger partial charge in [-0.05, 0) is 102 Å². The van der Waals surface area contributed by atoms with Crippen molar-refractivity contribution in [3.63, 3.8) is 0 Å². The molecular weight excluding hydrogens is 1790 g/mol. The van der Waals surface area contributed by atoms with Crippen molar-refractivity contribution in [1.82, 2.24) is 77.3 Å². The van der Waals surface area contributed by atoms with E-state index in [9.17, 15) is 63.5 Å². The quantitative estimate of drug-likeness (QED) is 0.0356. The van der Waals surface area contributed by atoms with Crippen molar-refractivity contribution in [3.8, 4) is 5.75 Å². The molecule has 15 amide bonds. The van der Waals surface area contributed by atoms with E-state index in [4.69, 9.17) is 5.73 Å². The molecule has 42 heteroatoms. The molecule has 1 aromatic heterocycles. The maximum Gasteiger partial charge on any atom is 0.305 e. The predicted octanol–water partition coefficient (Wildman–Crippen LogP) is 1.06. The Bertz CT molecular complexity index is 5290. The van der Waals surface area contributed by atoms with Crippen LogP contribution >= 0.6 is 11.8 Å². The molecule has 9 rings (SSSR count). The number of aryl methyl sites for hydroxylation is 1. The van der Waals surface area contributed by atoms with E-state index in [1.807, 2.05) is 0 Å². The number of unbranched alkanes of at least 4 members (excludes halogenated alkanes) is 1. The Morgan fingerprint density at radius 3 is 1.62 bits per heavy atom. The van der Waals surface area contributed by atoms with E-state index in [0.29, 0.717) is 63.5 Å². The fourth-order valence-corrected chi connectivity index (χ4v) is 17.5. The Morgan fingerprint density at radius 2 is 1.03 bits per heavy atom. The van der Waals surface area contributed by atoms with Crippen molar-refractivity contribution < 1.29 is 120 Å². The number of H-pyrrole nitrogens is 1. The van der Waals surface area contributed by atoms with E-state index in [1.165, 1.54) is 59.3 Å². The van der Waals surface area contributed by atoms with Gasteiger partial charge in [0.2, 0.25) is 88.6 Å². The van der Waals surface area contributed by atoms with Gasteiger partial charge in [0.05, 0.1) is 30.9 Å². The van der Waals surface area contributed by atoms with E-state index in [1.54, 1.807) is 112 Å². The van der Waals surface area contributed by atoms with Crippen LogP contribution in [0.5, 0.6) is 5.75 Å². The number of halogens is 3. The second kappa shape index (κ2) is 49.6. The number of aliphatic carboxylic acids is 2. The van der Waals surface area contributed by atoms with Crippen molar-refractivity contribution in [2.75, 3.05) is 52.3 Å². The van der Waals surface area contributed by atoms with Gasteiger partial charge in [-0.2, -0.15) is 0 Å². The molecule has 734 valence electrons. The Hall–Kier alpha value is -13.5. The minimum Gasteiger partial charge on any atom is -0.508 e. The summed E-state index contributed by atoms with van der Waals surface area (Å²) in [4.78, 5) is 258. The highest BCUT2D eigenvalue weighted by atomic mass is 32.2. The summed E-state index contributed by atoms with van der Waals surface area (Å²) in [6.07, 6.45) is -6.98. The molecule has 0 saturated carbocycles. The fraction of sp³-hybridized carbons (Fsp3) is 0.479. The lowest BCUT2D eigenvalue weighted by Crippen LogP contribution is -2.62. The smallest absolute Gasteiger partial charge is 0.305 e. The van der Waals surface area contributed by atoms with Crippen molar-refractivity contribution in [1.29, 1.82) is 0 Å². The molecule has 0 bridgehead atoms. The highest BCUT2D eigenvalue weighted by Gasteiger charge is 2.48. The van der Waals surface area contributed by atoms with Gasteiger partial charge in [0.1, 0.15) is 84.3 Å². The number of thioether (sulfide) groups is 1. The number of phenolic OH excluding ortho intramolecular Hbond substituents is 1. The van der Waals surface area contributed by atoms with Crippen LogP contribution in [0, 0.1) is 29.3 Å². The summed E-state index contributed by atoms with van der Waals surface area (Å²) < 4.78 is 45.2. The number of fused-ring (bicyclic) bond motifs is 3. The number of aromatic amines is 1. The number of benzene rings is 5. The first-order chi connectivity index (χ1) is 64.5. The number of phenols is 1. The number of carbonyl (C=O) groups is 17. The molecule has 3 saturated heterocycles. The first-order valence-corrected chi connectivity index (χ1v) is 46.0. The Morgan fingerprint density at radius 1 is 0.515 bits per heavy atom. The number of aliphatic hydroxyl groups is 2. The lowest BCUT2D eigenvalue weighted by molar-refractivity contribution is -0.152. The zero-order valence-corrected chi connectivity index (χ0v) is 77.4. The Balaban J connectivity index is 1.15. The van der Waals surface area contributed by atoms with E-state index in [2.05, 4.69) is 52.8 Å². The molecule has 17 N–H and O–H groups in total. The second-order valence-electron chi connectivity index (χ2n) is 35.1. The van der Waals surface area contributed by atoms with Gasteiger partial charge in [-0.25, -0.2) is 13.2 Å². The van der Waals surface area contributed by atoms with Crippen molar-refractivity contribution >= 4 is 123 Å². The predicted molar refractivity (Wildman–Crippen MR) is 489 cm³/mol. The first-order valence-electron chi connectivity index (χ1n) is 44.8. The van der Waals surface area contributed by atoms with E-state index in [0.717, 1.165) is 24.5 Å². The van der Waals surface area contributed by atoms with Crippen LogP contribution in [-0.4, -0.2) is 299 Å². The van der Waals surface area contributed by atoms with Crippen LogP contribution in [0.1, 0.15) is 127 Å². The highest BCUT2D eigenvalue weighted by molar-refractivity contribution is 8.00. The molecule has 5 aromatic carbocycles. The zero-order chi connectivity index (χ0) is 99.6. The molecule has 0 spiro atoms. The largest absolute Gasteiger partial charge is 0.508 e. The molecule has 38 nitrogen and oxygen atoms in total. The average molecular weight is 1910 g/mol. The van der Waals surface area contributed by atoms with Gasteiger partial charge in [-0.3, -0.25) is 81.5 Å². The minimum atomic E-state index is -2.08. The van der Waals surface area contributed by atoms with Crippen LogP contribution in [0.2, 0.25) is 0 Å². The molecular formula is C94H119F3N16O22S. The zero-order valence-electron chi connectivity index (χ0n) is 76.6. The van der Waals surface area contributed by atoms with Gasteiger partial charge in [0.25, 0.3) is 0 Å². The number of aliphatic hydroxyl groups excluding tert-OH is 2. The van der Waals surface area contributed by atoms with E-state index >= 15 is 56.7 Å². The lowest BCUT2D eigenvalue weighted by atomic mass is 9.98. The number of nitrogens with one attached hydrogen (secondary N) is 10. The number of aromatic nitrogens is 1. The summed E-state index contributed by atoms with van der Waals surface area (Å²) in [5, 5.41) is 77.4. The summed E-state index contributed by atoms with van der Waals surface area (Å²) in [7, 11) is 3.57. The topological polar surface area (TPSA) is 558 Å². The second-order valence-corrected chi connectivity index (χ2v) is 36.2. The lowest BCUT2D eigenvalue weighted by Gasteiger charge is -2.38. The van der Waals surface area contributed by atoms with Crippen molar-refractivity contribution in [2.45, 2.75) is 222 Å². The number of carbonyl (C=O) groups excluding carboxylic acids is 15. The van der Waals surface area contributed by atoms with Gasteiger partial charge in [-0.15, -0.1) is 11.8 Å². The molecule has 4 heterocycles. The molecule has 0 radical (unpaired) electrons. The van der Waals surface area contributed by atoms with Crippen LogP contribution < -0.4 is 53.6 Å². The monoisotopic (exact) mass is 1910 g/mol. The van der Waals surface area contributed by atoms with Crippen molar-refractivity contribution in [3.05, 3.63) is 173 Å². The number of carboxylic acids is 2. The van der Waals surface area contributed by atoms with Crippen molar-refractivity contribution in [2.24, 2.45) is 17.6 Å². The average Bonchev–Trinajstić information content (AvgIpc) is 1.72. The Labute approximate surface area is 787 Å². The fourth-order valence-electron chi connectivity index (χ4n) is 16.7. The number of aromatic hydroxyl groups is 1. The molecule has 136 heavy (non-hydrogen) atoms. The van der Waals surface area contributed by atoms with Gasteiger partial charge < -0.3 is 109 Å². The van der Waals surface area contributed by atoms with Crippen LogP contribution in [0.25, 0.3) is 10.9 Å². The summed E-state index contributed by atoms with van der Waals surface area (Å²) >= 11 is 0.644. The number of nitrogens with zero attached hydrogens (tertiary/aromatic N) is 5. The molecule has 6 aromatic rings. The van der Waals surface area contributed by atoms with Gasteiger partial charge in [0, 0.05) is 102 Å². The van der Waals surface area contributed by atoms with Crippen LogP contribution in [0.4, 0.5) is 13.2 Å². The summed E-state index contributed by atoms with van der Waals surface area (Å²) in [5.41, 5.74) is 7.39. The van der Waals surface area contributed by atoms with E-state index < -0.39 is 297 Å².